The van der Waals surface area contributed by atoms with E-state index >= 15 is 0 Å². The van der Waals surface area contributed by atoms with E-state index in [4.69, 9.17) is 4.74 Å². The van der Waals surface area contributed by atoms with Crippen molar-refractivity contribution in [1.29, 1.82) is 0 Å². The van der Waals surface area contributed by atoms with Crippen LogP contribution in [0, 0.1) is 20.8 Å². The summed E-state index contributed by atoms with van der Waals surface area (Å²) in [6.45, 7) is 5.12. The minimum Gasteiger partial charge on any atom is -0.454 e. The van der Waals surface area contributed by atoms with Gasteiger partial charge in [0.05, 0.1) is 14.2 Å². The van der Waals surface area contributed by atoms with Crippen LogP contribution in [0.2, 0.25) is 0 Å². The van der Waals surface area contributed by atoms with Gasteiger partial charge in [-0.3, -0.25) is 8.37 Å². The molecule has 0 aromatic heterocycles. The van der Waals surface area contributed by atoms with Gasteiger partial charge in [0.15, 0.2) is 5.75 Å². The number of aryl methyl sites for hydroxylation is 3. The summed E-state index contributed by atoms with van der Waals surface area (Å²) in [6, 6.07) is 7.62. The van der Waals surface area contributed by atoms with E-state index in [1.807, 2.05) is 0 Å². The second-order valence-corrected chi connectivity index (χ2v) is 9.07. The van der Waals surface area contributed by atoms with Crippen LogP contribution in [0.25, 0.3) is 0 Å². The fourth-order valence-corrected chi connectivity index (χ4v) is 4.22. The molecule has 0 bridgehead atoms. The zero-order valence-corrected chi connectivity index (χ0v) is 16.7. The van der Waals surface area contributed by atoms with Crippen LogP contribution in [0.15, 0.2) is 40.1 Å². The van der Waals surface area contributed by atoms with Crippen molar-refractivity contribution >= 4 is 20.2 Å². The van der Waals surface area contributed by atoms with Crippen molar-refractivity contribution < 1.29 is 29.9 Å². The first-order chi connectivity index (χ1) is 12.0. The Labute approximate surface area is 153 Å². The van der Waals surface area contributed by atoms with Gasteiger partial charge < -0.3 is 4.74 Å². The minimum atomic E-state index is -4.06. The van der Waals surface area contributed by atoms with Crippen LogP contribution in [0.1, 0.15) is 16.7 Å². The Morgan fingerprint density at radius 2 is 1.27 bits per heavy atom. The van der Waals surface area contributed by atoms with Crippen LogP contribution < -0.4 is 4.74 Å². The number of benzene rings is 2. The summed E-state index contributed by atoms with van der Waals surface area (Å²) in [7, 11) is -6.03. The fourth-order valence-electron chi connectivity index (χ4n) is 2.42. The molecule has 0 aliphatic heterocycles. The summed E-state index contributed by atoms with van der Waals surface area (Å²) in [5, 5.41) is 0. The van der Waals surface area contributed by atoms with E-state index in [1.165, 1.54) is 18.2 Å². The summed E-state index contributed by atoms with van der Waals surface area (Å²) < 4.78 is 63.8. The lowest BCUT2D eigenvalue weighted by Crippen LogP contribution is -2.09. The maximum Gasteiger partial charge on any atom is 0.300 e. The van der Waals surface area contributed by atoms with Crippen LogP contribution in [0.4, 0.5) is 0 Å². The van der Waals surface area contributed by atoms with Crippen LogP contribution in [0.3, 0.4) is 0 Å². The summed E-state index contributed by atoms with van der Waals surface area (Å²) in [4.78, 5) is -0.375. The highest BCUT2D eigenvalue weighted by atomic mass is 32.2. The topological polar surface area (TPSA) is 96.0 Å². The monoisotopic (exact) mass is 400 g/mol. The molecule has 0 unspecified atom stereocenters. The van der Waals surface area contributed by atoms with E-state index in [9.17, 15) is 16.8 Å². The first kappa shape index (κ1) is 20.4. The van der Waals surface area contributed by atoms with Gasteiger partial charge in [0, 0.05) is 0 Å². The zero-order chi connectivity index (χ0) is 19.7. The van der Waals surface area contributed by atoms with Gasteiger partial charge in [-0.05, 0) is 55.7 Å². The number of hydrogen-bond acceptors (Lipinski definition) is 7. The molecule has 0 radical (unpaired) electrons. The highest BCUT2D eigenvalue weighted by molar-refractivity contribution is 7.87. The van der Waals surface area contributed by atoms with Gasteiger partial charge in [0.2, 0.25) is 0 Å². The van der Waals surface area contributed by atoms with E-state index in [2.05, 4.69) is 8.37 Å². The summed E-state index contributed by atoms with van der Waals surface area (Å²) in [5.41, 5.74) is 1.89. The maximum atomic E-state index is 12.3. The Morgan fingerprint density at radius 3 is 1.85 bits per heavy atom. The van der Waals surface area contributed by atoms with Gasteiger partial charge in [-0.2, -0.15) is 16.8 Å². The minimum absolute atomic E-state index is 0.00569. The van der Waals surface area contributed by atoms with E-state index in [0.717, 1.165) is 14.2 Å². The van der Waals surface area contributed by atoms with E-state index in [0.29, 0.717) is 16.7 Å². The van der Waals surface area contributed by atoms with Crippen molar-refractivity contribution in [1.82, 2.24) is 0 Å². The molecule has 0 spiro atoms. The molecular weight excluding hydrogens is 380 g/mol. The first-order valence-corrected chi connectivity index (χ1v) is 10.3. The van der Waals surface area contributed by atoms with Crippen LogP contribution >= 0.6 is 0 Å². The molecule has 9 heteroatoms. The van der Waals surface area contributed by atoms with Crippen LogP contribution in [-0.2, 0) is 28.6 Å². The standard InChI is InChI=1S/C17H20O7S2/c1-11-6-7-14(15(9-11)25(18,19)22-4)24-17-13(3)8-12(2)10-16(17)26(20,21)23-5/h6-10H,1-5H3. The largest absolute Gasteiger partial charge is 0.454 e. The molecule has 0 amide bonds. The Morgan fingerprint density at radius 1 is 0.731 bits per heavy atom. The zero-order valence-electron chi connectivity index (χ0n) is 15.1. The van der Waals surface area contributed by atoms with Crippen molar-refractivity contribution in [3.63, 3.8) is 0 Å². The van der Waals surface area contributed by atoms with E-state index in [-0.39, 0.29) is 21.3 Å². The van der Waals surface area contributed by atoms with Crippen LogP contribution in [-0.4, -0.2) is 31.1 Å². The first-order valence-electron chi connectivity index (χ1n) is 7.53. The normalized spacial score (nSPS) is 12.2. The average Bonchev–Trinajstić information content (AvgIpc) is 2.58. The van der Waals surface area contributed by atoms with Gasteiger partial charge in [0.25, 0.3) is 20.2 Å². The highest BCUT2D eigenvalue weighted by Gasteiger charge is 2.25. The number of ether oxygens (including phenoxy) is 1. The molecule has 0 heterocycles. The van der Waals surface area contributed by atoms with Crippen molar-refractivity contribution in [2.75, 3.05) is 14.2 Å². The Hall–Kier alpha value is -1.94. The predicted molar refractivity (Wildman–Crippen MR) is 95.6 cm³/mol. The van der Waals surface area contributed by atoms with Gasteiger partial charge in [-0.15, -0.1) is 0 Å². The highest BCUT2D eigenvalue weighted by Crippen LogP contribution is 2.37. The molecule has 2 aromatic carbocycles. The second kappa shape index (κ2) is 7.36. The van der Waals surface area contributed by atoms with Gasteiger partial charge in [-0.1, -0.05) is 12.1 Å². The molecule has 142 valence electrons. The number of hydrogen-bond donors (Lipinski definition) is 0. The molecule has 0 aliphatic rings. The van der Waals surface area contributed by atoms with Crippen molar-refractivity contribution in [2.24, 2.45) is 0 Å². The van der Waals surface area contributed by atoms with Crippen LogP contribution in [0.5, 0.6) is 11.5 Å². The van der Waals surface area contributed by atoms with Gasteiger partial charge in [-0.25, -0.2) is 0 Å². The molecule has 0 atom stereocenters. The number of rotatable bonds is 6. The van der Waals surface area contributed by atoms with Crippen molar-refractivity contribution in [3.8, 4) is 11.5 Å². The summed E-state index contributed by atoms with van der Waals surface area (Å²) >= 11 is 0. The third kappa shape index (κ3) is 4.07. The molecule has 0 fully saturated rings. The van der Waals surface area contributed by atoms with E-state index in [1.54, 1.807) is 32.9 Å². The summed E-state index contributed by atoms with van der Waals surface area (Å²) in [5.74, 6) is -0.0502. The third-order valence-corrected chi connectivity index (χ3v) is 6.25. The fraction of sp³-hybridized carbons (Fsp3) is 0.294. The SMILES string of the molecule is COS(=O)(=O)c1cc(C)ccc1Oc1c(C)cc(C)cc1S(=O)(=O)OC. The Bertz CT molecular complexity index is 1040. The molecule has 0 saturated heterocycles. The van der Waals surface area contributed by atoms with Gasteiger partial charge in [0.1, 0.15) is 15.5 Å². The second-order valence-electron chi connectivity index (χ2n) is 5.70. The quantitative estimate of drug-likeness (QED) is 0.688. The molecular formula is C17H20O7S2. The predicted octanol–water partition coefficient (Wildman–Crippen LogP) is 3.07. The molecule has 0 aliphatic carbocycles. The van der Waals surface area contributed by atoms with Gasteiger partial charge >= 0.3 is 0 Å². The average molecular weight is 400 g/mol. The molecule has 0 saturated carbocycles. The Kier molecular flexibility index (Phi) is 5.76. The lowest BCUT2D eigenvalue weighted by atomic mass is 10.1. The van der Waals surface area contributed by atoms with E-state index < -0.39 is 20.2 Å². The smallest absolute Gasteiger partial charge is 0.300 e. The molecule has 2 rings (SSSR count). The van der Waals surface area contributed by atoms with Crippen molar-refractivity contribution in [3.05, 3.63) is 47.0 Å². The third-order valence-electron chi connectivity index (χ3n) is 3.67. The molecule has 26 heavy (non-hydrogen) atoms. The molecule has 0 N–H and O–H groups in total. The maximum absolute atomic E-state index is 12.3. The lowest BCUT2D eigenvalue weighted by molar-refractivity contribution is 0.384. The molecule has 2 aromatic rings. The molecule has 7 nitrogen and oxygen atoms in total. The Balaban J connectivity index is 2.72. The van der Waals surface area contributed by atoms with Crippen molar-refractivity contribution in [2.45, 2.75) is 30.6 Å². The summed E-state index contributed by atoms with van der Waals surface area (Å²) in [6.07, 6.45) is 0. The lowest BCUT2D eigenvalue weighted by Gasteiger charge is -2.16.